The van der Waals surface area contributed by atoms with Crippen molar-refractivity contribution in [1.29, 1.82) is 0 Å². The van der Waals surface area contributed by atoms with Crippen LogP contribution < -0.4 is 14.8 Å². The van der Waals surface area contributed by atoms with Crippen molar-refractivity contribution in [3.63, 3.8) is 0 Å². The molecule has 1 N–H and O–H groups in total. The summed E-state index contributed by atoms with van der Waals surface area (Å²) in [7, 11) is 1.64. The van der Waals surface area contributed by atoms with Gasteiger partial charge in [-0.25, -0.2) is 4.68 Å². The van der Waals surface area contributed by atoms with Crippen LogP contribution in [-0.2, 0) is 10.8 Å². The number of ether oxygens (including phenoxy) is 2. The van der Waals surface area contributed by atoms with Crippen molar-refractivity contribution in [3.05, 3.63) is 94.7 Å². The largest absolute Gasteiger partial charge is 0.497 e. The standard InChI is InChI=1S/C39H51N3O3/c1-10-38(5,6)30-16-21-36(33(25-30)39(7,8)11-2)45-23-13-12-22-40-37(43)35-26-34(29-15-14-27(3)28(4)24-29)41-42(35)31-17-19-32(44-9)20-18-31/h14-21,24-26H,10-13,22-23H2,1-9H3,(H,40,43). The van der Waals surface area contributed by atoms with Crippen LogP contribution in [0.4, 0.5) is 0 Å². The number of nitrogens with zero attached hydrogens (tertiary/aromatic N) is 2. The minimum Gasteiger partial charge on any atom is -0.497 e. The monoisotopic (exact) mass is 609 g/mol. The first kappa shape index (κ1) is 33.8. The molecule has 240 valence electrons. The van der Waals surface area contributed by atoms with E-state index in [2.05, 4.69) is 97.1 Å². The van der Waals surface area contributed by atoms with Crippen molar-refractivity contribution in [2.24, 2.45) is 0 Å². The van der Waals surface area contributed by atoms with Gasteiger partial charge in [0.2, 0.25) is 0 Å². The highest BCUT2D eigenvalue weighted by molar-refractivity contribution is 5.94. The molecule has 0 saturated heterocycles. The molecule has 1 amide bonds. The van der Waals surface area contributed by atoms with Gasteiger partial charge in [0.05, 0.1) is 25.1 Å². The van der Waals surface area contributed by atoms with E-state index in [0.29, 0.717) is 18.8 Å². The smallest absolute Gasteiger partial charge is 0.270 e. The molecule has 4 rings (SSSR count). The lowest BCUT2D eigenvalue weighted by Crippen LogP contribution is -2.27. The second kappa shape index (κ2) is 14.4. The van der Waals surface area contributed by atoms with E-state index in [1.54, 1.807) is 11.8 Å². The van der Waals surface area contributed by atoms with Crippen molar-refractivity contribution < 1.29 is 14.3 Å². The van der Waals surface area contributed by atoms with E-state index in [-0.39, 0.29) is 16.7 Å². The number of hydrogen-bond acceptors (Lipinski definition) is 4. The van der Waals surface area contributed by atoms with Crippen molar-refractivity contribution in [1.82, 2.24) is 15.1 Å². The maximum Gasteiger partial charge on any atom is 0.270 e. The molecule has 0 aliphatic heterocycles. The molecule has 0 aliphatic rings. The first-order chi connectivity index (χ1) is 21.4. The maximum absolute atomic E-state index is 13.5. The number of nitrogens with one attached hydrogen (secondary N) is 1. The lowest BCUT2D eigenvalue weighted by molar-refractivity contribution is 0.0944. The van der Waals surface area contributed by atoms with E-state index in [0.717, 1.165) is 54.1 Å². The number of aryl methyl sites for hydroxylation is 2. The van der Waals surface area contributed by atoms with Gasteiger partial charge in [-0.15, -0.1) is 0 Å². The van der Waals surface area contributed by atoms with Gasteiger partial charge in [0.25, 0.3) is 5.91 Å². The number of aromatic nitrogens is 2. The molecule has 3 aromatic carbocycles. The first-order valence-electron chi connectivity index (χ1n) is 16.3. The number of methoxy groups -OCH3 is 1. The SMILES string of the molecule is CCC(C)(C)c1ccc(OCCCCNC(=O)c2cc(-c3ccc(C)c(C)c3)nn2-c2ccc(OC)cc2)c(C(C)(C)CC)c1. The third-order valence-corrected chi connectivity index (χ3v) is 9.43. The minimum atomic E-state index is -0.157. The molecule has 45 heavy (non-hydrogen) atoms. The van der Waals surface area contributed by atoms with Crippen LogP contribution in [-0.4, -0.2) is 35.9 Å². The molecule has 6 nitrogen and oxygen atoms in total. The van der Waals surface area contributed by atoms with Crippen LogP contribution in [0.25, 0.3) is 16.9 Å². The zero-order valence-corrected chi connectivity index (χ0v) is 28.7. The third kappa shape index (κ3) is 7.97. The van der Waals surface area contributed by atoms with Crippen molar-refractivity contribution in [2.75, 3.05) is 20.3 Å². The first-order valence-corrected chi connectivity index (χ1v) is 16.3. The van der Waals surface area contributed by atoms with Gasteiger partial charge in [0, 0.05) is 17.7 Å². The van der Waals surface area contributed by atoms with Gasteiger partial charge >= 0.3 is 0 Å². The van der Waals surface area contributed by atoms with Gasteiger partial charge in [-0.05, 0) is 110 Å². The highest BCUT2D eigenvalue weighted by Crippen LogP contribution is 2.38. The second-order valence-corrected chi connectivity index (χ2v) is 13.3. The zero-order chi connectivity index (χ0) is 32.8. The summed E-state index contributed by atoms with van der Waals surface area (Å²) in [5.41, 5.74) is 8.19. The molecule has 1 aromatic heterocycles. The molecule has 0 radical (unpaired) electrons. The quantitative estimate of drug-likeness (QED) is 0.145. The number of amides is 1. The maximum atomic E-state index is 13.5. The Balaban J connectivity index is 1.42. The van der Waals surface area contributed by atoms with Gasteiger partial charge in [-0.3, -0.25) is 4.79 Å². The predicted octanol–water partition coefficient (Wildman–Crippen LogP) is 9.13. The molecule has 0 unspecified atom stereocenters. The summed E-state index contributed by atoms with van der Waals surface area (Å²) in [5.74, 6) is 1.55. The molecule has 0 aliphatic carbocycles. The van der Waals surface area contributed by atoms with E-state index in [4.69, 9.17) is 14.6 Å². The second-order valence-electron chi connectivity index (χ2n) is 13.3. The van der Waals surface area contributed by atoms with E-state index >= 15 is 0 Å². The Kier molecular flexibility index (Phi) is 10.8. The molecule has 0 fully saturated rings. The molecule has 4 aromatic rings. The molecule has 6 heteroatoms. The summed E-state index contributed by atoms with van der Waals surface area (Å²) in [6.45, 7) is 19.0. The van der Waals surface area contributed by atoms with Crippen LogP contribution >= 0.6 is 0 Å². The van der Waals surface area contributed by atoms with E-state index in [9.17, 15) is 4.79 Å². The predicted molar refractivity (Wildman–Crippen MR) is 185 cm³/mol. The zero-order valence-electron chi connectivity index (χ0n) is 28.7. The summed E-state index contributed by atoms with van der Waals surface area (Å²) in [6, 6.07) is 22.4. The Morgan fingerprint density at radius 1 is 0.844 bits per heavy atom. The number of hydrogen-bond donors (Lipinski definition) is 1. The molecule has 0 atom stereocenters. The highest BCUT2D eigenvalue weighted by atomic mass is 16.5. The summed E-state index contributed by atoms with van der Waals surface area (Å²) in [6.07, 6.45) is 3.75. The molecule has 0 spiro atoms. The van der Waals surface area contributed by atoms with Crippen molar-refractivity contribution in [2.45, 2.75) is 91.9 Å². The van der Waals surface area contributed by atoms with Crippen LogP contribution in [0.3, 0.4) is 0 Å². The Labute approximate surface area is 270 Å². The number of rotatable bonds is 14. The molecule has 1 heterocycles. The third-order valence-electron chi connectivity index (χ3n) is 9.43. The van der Waals surface area contributed by atoms with Crippen LogP contribution in [0.5, 0.6) is 11.5 Å². The van der Waals surface area contributed by atoms with Gasteiger partial charge in [0.1, 0.15) is 17.2 Å². The lowest BCUT2D eigenvalue weighted by Gasteiger charge is -2.30. The van der Waals surface area contributed by atoms with Crippen LogP contribution in [0.2, 0.25) is 0 Å². The fourth-order valence-corrected chi connectivity index (χ4v) is 5.21. The summed E-state index contributed by atoms with van der Waals surface area (Å²) < 4.78 is 13.4. The molecular weight excluding hydrogens is 558 g/mol. The molecule has 0 saturated carbocycles. The summed E-state index contributed by atoms with van der Waals surface area (Å²) in [5, 5.41) is 7.96. The number of carbonyl (C=O) groups excluding carboxylic acids is 1. The summed E-state index contributed by atoms with van der Waals surface area (Å²) in [4.78, 5) is 13.5. The van der Waals surface area contributed by atoms with Crippen molar-refractivity contribution in [3.8, 4) is 28.4 Å². The normalized spacial score (nSPS) is 11.8. The highest BCUT2D eigenvalue weighted by Gasteiger charge is 2.26. The van der Waals surface area contributed by atoms with Gasteiger partial charge in [-0.2, -0.15) is 5.10 Å². The fraction of sp³-hybridized carbons (Fsp3) is 0.436. The Hall–Kier alpha value is -4.06. The summed E-state index contributed by atoms with van der Waals surface area (Å²) >= 11 is 0. The topological polar surface area (TPSA) is 65.4 Å². The Morgan fingerprint density at radius 2 is 1.56 bits per heavy atom. The van der Waals surface area contributed by atoms with E-state index in [1.807, 2.05) is 30.3 Å². The fourth-order valence-electron chi connectivity index (χ4n) is 5.21. The molecular formula is C39H51N3O3. The van der Waals surface area contributed by atoms with Crippen molar-refractivity contribution >= 4 is 5.91 Å². The van der Waals surface area contributed by atoms with Gasteiger partial charge < -0.3 is 14.8 Å². The average Bonchev–Trinajstić information content (AvgIpc) is 3.49. The molecule has 0 bridgehead atoms. The Bertz CT molecular complexity index is 1600. The van der Waals surface area contributed by atoms with Crippen LogP contribution in [0.1, 0.15) is 100.0 Å². The van der Waals surface area contributed by atoms with E-state index < -0.39 is 0 Å². The number of benzene rings is 3. The number of carbonyl (C=O) groups is 1. The van der Waals surface area contributed by atoms with Gasteiger partial charge in [0.15, 0.2) is 0 Å². The van der Waals surface area contributed by atoms with Gasteiger partial charge in [-0.1, -0.05) is 65.8 Å². The van der Waals surface area contributed by atoms with Crippen LogP contribution in [0.15, 0.2) is 66.7 Å². The minimum absolute atomic E-state index is 0.0199. The Morgan fingerprint density at radius 3 is 2.20 bits per heavy atom. The van der Waals surface area contributed by atoms with Crippen LogP contribution in [0, 0.1) is 13.8 Å². The number of unbranched alkanes of at least 4 members (excludes halogenated alkanes) is 1. The van der Waals surface area contributed by atoms with E-state index in [1.165, 1.54) is 22.3 Å². The lowest BCUT2D eigenvalue weighted by atomic mass is 9.76. The average molecular weight is 610 g/mol.